The molecule has 5 nitrogen and oxygen atoms in total. The molecule has 2 amide bonds. The van der Waals surface area contributed by atoms with Crippen molar-refractivity contribution in [1.82, 2.24) is 5.32 Å². The topological polar surface area (TPSA) is 62.6 Å². The fourth-order valence-electron chi connectivity index (χ4n) is 3.17. The van der Waals surface area contributed by atoms with Crippen LogP contribution in [0.2, 0.25) is 0 Å². The first-order valence-corrected chi connectivity index (χ1v) is 9.17. The van der Waals surface area contributed by atoms with Crippen molar-refractivity contribution >= 4 is 17.5 Å². The minimum atomic E-state index is -0.352. The maximum Gasteiger partial charge on any atom is 0.279 e. The second-order valence-electron chi connectivity index (χ2n) is 8.24. The highest BCUT2D eigenvalue weighted by Crippen LogP contribution is 2.19. The zero-order valence-electron chi connectivity index (χ0n) is 16.2. The molecule has 1 heterocycles. The molecule has 25 heavy (non-hydrogen) atoms. The fraction of sp³-hybridized carbons (Fsp3) is 0.600. The van der Waals surface area contributed by atoms with E-state index in [4.69, 9.17) is 0 Å². The number of carbonyl (C=O) groups excluding carboxylic acids is 2. The van der Waals surface area contributed by atoms with Gasteiger partial charge >= 0.3 is 0 Å². The second kappa shape index (κ2) is 8.00. The summed E-state index contributed by atoms with van der Waals surface area (Å²) in [6.07, 6.45) is 1.85. The maximum atomic E-state index is 12.4. The van der Waals surface area contributed by atoms with E-state index in [1.807, 2.05) is 52.8 Å². The lowest BCUT2D eigenvalue weighted by Crippen LogP contribution is -3.14. The van der Waals surface area contributed by atoms with Crippen LogP contribution < -0.4 is 15.5 Å². The molecule has 1 fully saturated rings. The molecule has 3 N–H and O–H groups in total. The van der Waals surface area contributed by atoms with Crippen molar-refractivity contribution in [2.45, 2.75) is 53.5 Å². The van der Waals surface area contributed by atoms with E-state index in [1.54, 1.807) is 0 Å². The number of aryl methyl sites for hydroxylation is 2. The molecule has 1 aliphatic heterocycles. The first kappa shape index (κ1) is 19.4. The van der Waals surface area contributed by atoms with E-state index in [2.05, 4.69) is 10.6 Å². The van der Waals surface area contributed by atoms with Gasteiger partial charge in [0.25, 0.3) is 5.91 Å². The summed E-state index contributed by atoms with van der Waals surface area (Å²) in [4.78, 5) is 25.7. The third kappa shape index (κ3) is 5.56. The average molecular weight is 346 g/mol. The van der Waals surface area contributed by atoms with Gasteiger partial charge < -0.3 is 15.5 Å². The lowest BCUT2D eigenvalue weighted by atomic mass is 9.94. The Morgan fingerprint density at radius 3 is 2.20 bits per heavy atom. The van der Waals surface area contributed by atoms with Gasteiger partial charge in [0, 0.05) is 30.0 Å². The van der Waals surface area contributed by atoms with Gasteiger partial charge in [-0.15, -0.1) is 0 Å². The molecule has 1 aromatic carbocycles. The van der Waals surface area contributed by atoms with Crippen molar-refractivity contribution < 1.29 is 14.5 Å². The molecule has 0 saturated carbocycles. The highest BCUT2D eigenvalue weighted by molar-refractivity contribution is 5.93. The van der Waals surface area contributed by atoms with Crippen LogP contribution in [-0.2, 0) is 9.59 Å². The minimum Gasteiger partial charge on any atom is -0.352 e. The van der Waals surface area contributed by atoms with Crippen LogP contribution in [-0.4, -0.2) is 37.5 Å². The van der Waals surface area contributed by atoms with Crippen molar-refractivity contribution in [2.24, 2.45) is 5.41 Å². The Hall–Kier alpha value is -1.88. The summed E-state index contributed by atoms with van der Waals surface area (Å²) in [6, 6.07) is 6.26. The van der Waals surface area contributed by atoms with Crippen LogP contribution >= 0.6 is 0 Å². The van der Waals surface area contributed by atoms with Crippen LogP contribution in [0.4, 0.5) is 5.69 Å². The first-order chi connectivity index (χ1) is 11.7. The van der Waals surface area contributed by atoms with Crippen LogP contribution in [0.1, 0.15) is 44.7 Å². The van der Waals surface area contributed by atoms with Crippen molar-refractivity contribution in [3.63, 3.8) is 0 Å². The molecule has 0 atom stereocenters. The second-order valence-corrected chi connectivity index (χ2v) is 8.24. The number of piperidine rings is 1. The van der Waals surface area contributed by atoms with Gasteiger partial charge in [-0.1, -0.05) is 39.0 Å². The Morgan fingerprint density at radius 1 is 1.12 bits per heavy atom. The zero-order chi connectivity index (χ0) is 18.6. The molecule has 138 valence electrons. The van der Waals surface area contributed by atoms with E-state index in [0.717, 1.165) is 42.7 Å². The van der Waals surface area contributed by atoms with E-state index in [9.17, 15) is 9.59 Å². The van der Waals surface area contributed by atoms with Crippen molar-refractivity contribution in [2.75, 3.05) is 25.0 Å². The largest absolute Gasteiger partial charge is 0.352 e. The average Bonchev–Trinajstić information content (AvgIpc) is 2.52. The third-order valence-electron chi connectivity index (χ3n) is 4.87. The van der Waals surface area contributed by atoms with Crippen molar-refractivity contribution in [3.8, 4) is 0 Å². The standard InChI is InChI=1S/C20H31N3O2/c1-14-7-6-8-15(2)18(14)22-17(24)13-23-11-9-16(10-12-23)21-19(25)20(3,4)5/h6-8,16H,9-13H2,1-5H3,(H,21,25)(H,22,24)/p+1. The molecule has 1 aromatic rings. The van der Waals surface area contributed by atoms with Gasteiger partial charge in [-0.05, 0) is 25.0 Å². The summed E-state index contributed by atoms with van der Waals surface area (Å²) < 4.78 is 0. The van der Waals surface area contributed by atoms with Gasteiger partial charge in [0.1, 0.15) is 0 Å². The molecule has 0 unspecified atom stereocenters. The number of anilines is 1. The molecule has 2 rings (SSSR count). The Bertz CT molecular complexity index is 606. The number of nitrogens with one attached hydrogen (secondary N) is 3. The predicted molar refractivity (Wildman–Crippen MR) is 101 cm³/mol. The van der Waals surface area contributed by atoms with Gasteiger partial charge in [0.05, 0.1) is 13.1 Å². The predicted octanol–water partition coefficient (Wildman–Crippen LogP) is 1.45. The molecule has 1 saturated heterocycles. The third-order valence-corrected chi connectivity index (χ3v) is 4.87. The van der Waals surface area contributed by atoms with Crippen LogP contribution in [0, 0.1) is 19.3 Å². The normalized spacial score (nSPS) is 20.8. The monoisotopic (exact) mass is 346 g/mol. The van der Waals surface area contributed by atoms with Gasteiger partial charge in [0.15, 0.2) is 6.54 Å². The Labute approximate surface area is 151 Å². The van der Waals surface area contributed by atoms with Crippen LogP contribution in [0.15, 0.2) is 18.2 Å². The van der Waals surface area contributed by atoms with Crippen molar-refractivity contribution in [3.05, 3.63) is 29.3 Å². The molecule has 0 bridgehead atoms. The van der Waals surface area contributed by atoms with Gasteiger partial charge in [-0.3, -0.25) is 9.59 Å². The summed E-state index contributed by atoms with van der Waals surface area (Å²) >= 11 is 0. The van der Waals surface area contributed by atoms with E-state index >= 15 is 0 Å². The van der Waals surface area contributed by atoms with Gasteiger partial charge in [-0.2, -0.15) is 0 Å². The summed E-state index contributed by atoms with van der Waals surface area (Å²) in [6.45, 7) is 12.1. The fourth-order valence-corrected chi connectivity index (χ4v) is 3.17. The lowest BCUT2D eigenvalue weighted by molar-refractivity contribution is -0.897. The molecular weight excluding hydrogens is 314 g/mol. The zero-order valence-corrected chi connectivity index (χ0v) is 16.2. The quantitative estimate of drug-likeness (QED) is 0.773. The SMILES string of the molecule is Cc1cccc(C)c1NC(=O)C[NH+]1CCC(NC(=O)C(C)(C)C)CC1. The summed E-state index contributed by atoms with van der Waals surface area (Å²) in [5.41, 5.74) is 2.76. The summed E-state index contributed by atoms with van der Waals surface area (Å²) in [5, 5.41) is 6.19. The number of likely N-dealkylation sites (tertiary alicyclic amines) is 1. The summed E-state index contributed by atoms with van der Waals surface area (Å²) in [5.74, 6) is 0.165. The van der Waals surface area contributed by atoms with E-state index in [0.29, 0.717) is 6.54 Å². The van der Waals surface area contributed by atoms with E-state index in [-0.39, 0.29) is 23.3 Å². The Kier molecular flexibility index (Phi) is 6.22. The molecule has 0 radical (unpaired) electrons. The Morgan fingerprint density at radius 2 is 1.68 bits per heavy atom. The molecular formula is C20H32N3O2+. The number of benzene rings is 1. The van der Waals surface area contributed by atoms with Gasteiger partial charge in [-0.25, -0.2) is 0 Å². The number of amides is 2. The number of hydrogen-bond donors (Lipinski definition) is 3. The molecule has 1 aliphatic rings. The van der Waals surface area contributed by atoms with Crippen molar-refractivity contribution in [1.29, 1.82) is 0 Å². The van der Waals surface area contributed by atoms with E-state index < -0.39 is 0 Å². The van der Waals surface area contributed by atoms with Crippen LogP contribution in [0.3, 0.4) is 0 Å². The molecule has 0 aliphatic carbocycles. The van der Waals surface area contributed by atoms with Crippen LogP contribution in [0.5, 0.6) is 0 Å². The number of quaternary nitrogens is 1. The van der Waals surface area contributed by atoms with Crippen LogP contribution in [0.25, 0.3) is 0 Å². The molecule has 0 spiro atoms. The molecule has 5 heteroatoms. The number of para-hydroxylation sites is 1. The number of hydrogen-bond acceptors (Lipinski definition) is 2. The smallest absolute Gasteiger partial charge is 0.279 e. The Balaban J connectivity index is 1.80. The molecule has 0 aromatic heterocycles. The highest BCUT2D eigenvalue weighted by Gasteiger charge is 2.28. The highest BCUT2D eigenvalue weighted by atomic mass is 16.2. The summed E-state index contributed by atoms with van der Waals surface area (Å²) in [7, 11) is 0. The van der Waals surface area contributed by atoms with Gasteiger partial charge in [0.2, 0.25) is 5.91 Å². The lowest BCUT2D eigenvalue weighted by Gasteiger charge is -2.31. The maximum absolute atomic E-state index is 12.4. The van der Waals surface area contributed by atoms with E-state index in [1.165, 1.54) is 4.90 Å². The number of rotatable bonds is 4. The minimum absolute atomic E-state index is 0.0598. The number of carbonyl (C=O) groups is 2. The first-order valence-electron chi connectivity index (χ1n) is 9.17.